The third-order valence-electron chi connectivity index (χ3n) is 3.73. The lowest BCUT2D eigenvalue weighted by Gasteiger charge is -2.26. The fraction of sp³-hybridized carbons (Fsp3) is 0.375. The van der Waals surface area contributed by atoms with Crippen LogP contribution in [0.5, 0.6) is 0 Å². The molecule has 0 bridgehead atoms. The van der Waals surface area contributed by atoms with Gasteiger partial charge in [0.15, 0.2) is 0 Å². The molecular weight excluding hydrogens is 286 g/mol. The van der Waals surface area contributed by atoms with E-state index in [2.05, 4.69) is 0 Å². The molecule has 1 saturated heterocycles. The number of imide groups is 1. The lowest BCUT2D eigenvalue weighted by atomic mass is 10.00. The van der Waals surface area contributed by atoms with Gasteiger partial charge in [0.2, 0.25) is 0 Å². The molecule has 0 saturated carbocycles. The maximum atomic E-state index is 12.4. The molecular formula is C16H17NO3S. The van der Waals surface area contributed by atoms with Gasteiger partial charge in [-0.3, -0.25) is 14.5 Å². The molecule has 0 spiro atoms. The third-order valence-corrected chi connectivity index (χ3v) is 4.75. The molecule has 0 radical (unpaired) electrons. The molecule has 0 atom stereocenters. The Hall–Kier alpha value is -1.59. The molecule has 0 unspecified atom stereocenters. The topological polar surface area (TPSA) is 46.6 Å². The fourth-order valence-electron chi connectivity index (χ4n) is 2.53. The molecule has 2 heterocycles. The number of hydrogen-bond acceptors (Lipinski definition) is 4. The van der Waals surface area contributed by atoms with E-state index in [9.17, 15) is 9.59 Å². The van der Waals surface area contributed by atoms with Gasteiger partial charge in [0.1, 0.15) is 0 Å². The SMILES string of the molecule is O=C1C=C(Sc2ccccc2)C(=O)N1CC1CCOCC1. The smallest absolute Gasteiger partial charge is 0.267 e. The monoisotopic (exact) mass is 303 g/mol. The van der Waals surface area contributed by atoms with E-state index in [1.54, 1.807) is 0 Å². The van der Waals surface area contributed by atoms with Crippen LogP contribution in [0.25, 0.3) is 0 Å². The van der Waals surface area contributed by atoms with E-state index in [1.165, 1.54) is 22.7 Å². The highest BCUT2D eigenvalue weighted by Crippen LogP contribution is 2.32. The highest BCUT2D eigenvalue weighted by atomic mass is 32.2. The van der Waals surface area contributed by atoms with Crippen LogP contribution < -0.4 is 0 Å². The van der Waals surface area contributed by atoms with Gasteiger partial charge in [-0.15, -0.1) is 0 Å². The first kappa shape index (κ1) is 14.4. The number of carbonyl (C=O) groups excluding carboxylic acids is 2. The molecule has 0 aromatic heterocycles. The lowest BCUT2D eigenvalue weighted by Crippen LogP contribution is -2.37. The van der Waals surface area contributed by atoms with Crippen molar-refractivity contribution in [2.75, 3.05) is 19.8 Å². The van der Waals surface area contributed by atoms with Crippen LogP contribution in [0.4, 0.5) is 0 Å². The molecule has 4 nitrogen and oxygen atoms in total. The molecule has 1 aromatic carbocycles. The summed E-state index contributed by atoms with van der Waals surface area (Å²) in [5, 5.41) is 0. The number of thioether (sulfide) groups is 1. The van der Waals surface area contributed by atoms with Crippen LogP contribution in [0.2, 0.25) is 0 Å². The average molecular weight is 303 g/mol. The molecule has 1 aromatic rings. The van der Waals surface area contributed by atoms with Crippen molar-refractivity contribution in [2.24, 2.45) is 5.92 Å². The summed E-state index contributed by atoms with van der Waals surface area (Å²) in [5.74, 6) is 0.00592. The minimum Gasteiger partial charge on any atom is -0.381 e. The minimum atomic E-state index is -0.190. The first-order chi connectivity index (χ1) is 10.2. The van der Waals surface area contributed by atoms with E-state index in [1.807, 2.05) is 30.3 Å². The van der Waals surface area contributed by atoms with Gasteiger partial charge in [0.05, 0.1) is 4.91 Å². The minimum absolute atomic E-state index is 0.166. The zero-order chi connectivity index (χ0) is 14.7. The van der Waals surface area contributed by atoms with Crippen LogP contribution >= 0.6 is 11.8 Å². The summed E-state index contributed by atoms with van der Waals surface area (Å²) in [4.78, 5) is 27.3. The van der Waals surface area contributed by atoms with E-state index in [4.69, 9.17) is 4.74 Å². The van der Waals surface area contributed by atoms with E-state index in [0.717, 1.165) is 31.0 Å². The van der Waals surface area contributed by atoms with Crippen molar-refractivity contribution < 1.29 is 14.3 Å². The summed E-state index contributed by atoms with van der Waals surface area (Å²) in [6.45, 7) is 1.95. The van der Waals surface area contributed by atoms with Gasteiger partial charge in [-0.05, 0) is 30.9 Å². The molecule has 0 aliphatic carbocycles. The van der Waals surface area contributed by atoms with Gasteiger partial charge >= 0.3 is 0 Å². The molecule has 5 heteroatoms. The van der Waals surface area contributed by atoms with Crippen molar-refractivity contribution in [1.82, 2.24) is 4.90 Å². The standard InChI is InChI=1S/C16H17NO3S/c18-15-10-14(21-13-4-2-1-3-5-13)16(19)17(15)11-12-6-8-20-9-7-12/h1-5,10,12H,6-9,11H2. The quantitative estimate of drug-likeness (QED) is 0.802. The second-order valence-electron chi connectivity index (χ2n) is 5.23. The number of amides is 2. The van der Waals surface area contributed by atoms with E-state index in [-0.39, 0.29) is 11.8 Å². The van der Waals surface area contributed by atoms with Gasteiger partial charge in [0.25, 0.3) is 11.8 Å². The Bertz CT molecular complexity index is 564. The Morgan fingerprint density at radius 2 is 1.86 bits per heavy atom. The summed E-state index contributed by atoms with van der Waals surface area (Å²) < 4.78 is 5.31. The van der Waals surface area contributed by atoms with E-state index >= 15 is 0 Å². The summed E-state index contributed by atoms with van der Waals surface area (Å²) in [5.41, 5.74) is 0. The van der Waals surface area contributed by atoms with Crippen LogP contribution in [-0.4, -0.2) is 36.5 Å². The molecule has 2 aliphatic rings. The van der Waals surface area contributed by atoms with E-state index < -0.39 is 0 Å². The number of carbonyl (C=O) groups is 2. The average Bonchev–Trinajstić information content (AvgIpc) is 2.77. The Kier molecular flexibility index (Phi) is 4.41. The summed E-state index contributed by atoms with van der Waals surface area (Å²) >= 11 is 1.35. The van der Waals surface area contributed by atoms with Crippen molar-refractivity contribution >= 4 is 23.6 Å². The zero-order valence-electron chi connectivity index (χ0n) is 11.7. The number of nitrogens with zero attached hydrogens (tertiary/aromatic N) is 1. The Morgan fingerprint density at radius 1 is 1.14 bits per heavy atom. The number of ether oxygens (including phenoxy) is 1. The van der Waals surface area contributed by atoms with E-state index in [0.29, 0.717) is 17.4 Å². The first-order valence-electron chi connectivity index (χ1n) is 7.12. The van der Waals surface area contributed by atoms with Crippen LogP contribution in [0.1, 0.15) is 12.8 Å². The Labute approximate surface area is 128 Å². The van der Waals surface area contributed by atoms with Crippen LogP contribution in [0, 0.1) is 5.92 Å². The van der Waals surface area contributed by atoms with Gasteiger partial charge < -0.3 is 4.74 Å². The third kappa shape index (κ3) is 3.36. The highest BCUT2D eigenvalue weighted by molar-refractivity contribution is 8.04. The Morgan fingerprint density at radius 3 is 2.57 bits per heavy atom. The number of rotatable bonds is 4. The van der Waals surface area contributed by atoms with Crippen molar-refractivity contribution in [3.05, 3.63) is 41.3 Å². The molecule has 0 N–H and O–H groups in total. The van der Waals surface area contributed by atoms with Crippen LogP contribution in [-0.2, 0) is 14.3 Å². The zero-order valence-corrected chi connectivity index (χ0v) is 12.5. The summed E-state index contributed by atoms with van der Waals surface area (Å²) in [6.07, 6.45) is 3.29. The number of hydrogen-bond donors (Lipinski definition) is 0. The maximum Gasteiger partial charge on any atom is 0.267 e. The highest BCUT2D eigenvalue weighted by Gasteiger charge is 2.33. The van der Waals surface area contributed by atoms with Crippen LogP contribution in [0.15, 0.2) is 46.2 Å². The molecule has 3 rings (SSSR count). The second kappa shape index (κ2) is 6.45. The largest absolute Gasteiger partial charge is 0.381 e. The van der Waals surface area contributed by atoms with Crippen LogP contribution in [0.3, 0.4) is 0 Å². The predicted molar refractivity (Wildman–Crippen MR) is 80.6 cm³/mol. The maximum absolute atomic E-state index is 12.4. The van der Waals surface area contributed by atoms with Crippen molar-refractivity contribution in [3.63, 3.8) is 0 Å². The molecule has 2 amide bonds. The molecule has 2 aliphatic heterocycles. The van der Waals surface area contributed by atoms with Gasteiger partial charge in [0, 0.05) is 30.7 Å². The Balaban J connectivity index is 1.64. The molecule has 21 heavy (non-hydrogen) atoms. The van der Waals surface area contributed by atoms with Gasteiger partial charge in [-0.1, -0.05) is 30.0 Å². The lowest BCUT2D eigenvalue weighted by molar-refractivity contribution is -0.138. The predicted octanol–water partition coefficient (Wildman–Crippen LogP) is 2.46. The molecule has 1 fully saturated rings. The number of benzene rings is 1. The van der Waals surface area contributed by atoms with Gasteiger partial charge in [-0.2, -0.15) is 0 Å². The molecule has 110 valence electrons. The normalized spacial score (nSPS) is 20.0. The second-order valence-corrected chi connectivity index (χ2v) is 6.35. The summed E-state index contributed by atoms with van der Waals surface area (Å²) in [7, 11) is 0. The first-order valence-corrected chi connectivity index (χ1v) is 7.94. The van der Waals surface area contributed by atoms with Crippen molar-refractivity contribution in [1.29, 1.82) is 0 Å². The fourth-order valence-corrected chi connectivity index (χ4v) is 3.44. The summed E-state index contributed by atoms with van der Waals surface area (Å²) in [6, 6.07) is 9.64. The van der Waals surface area contributed by atoms with Crippen molar-refractivity contribution in [2.45, 2.75) is 17.7 Å². The van der Waals surface area contributed by atoms with Crippen molar-refractivity contribution in [3.8, 4) is 0 Å². The van der Waals surface area contributed by atoms with Gasteiger partial charge in [-0.25, -0.2) is 0 Å².